The highest BCUT2D eigenvalue weighted by atomic mass is 16.5. The van der Waals surface area contributed by atoms with E-state index in [0.29, 0.717) is 23.8 Å². The molecule has 2 aromatic carbocycles. The fourth-order valence-corrected chi connectivity index (χ4v) is 3.65. The van der Waals surface area contributed by atoms with E-state index < -0.39 is 0 Å². The molecule has 192 valence electrons. The summed E-state index contributed by atoms with van der Waals surface area (Å²) in [4.78, 5) is 27.7. The van der Waals surface area contributed by atoms with Gasteiger partial charge in [0.1, 0.15) is 18.1 Å². The molecule has 1 heterocycles. The van der Waals surface area contributed by atoms with E-state index in [9.17, 15) is 9.59 Å². The van der Waals surface area contributed by atoms with Gasteiger partial charge in [-0.3, -0.25) is 4.79 Å². The third-order valence-corrected chi connectivity index (χ3v) is 5.72. The Morgan fingerprint density at radius 3 is 2.47 bits per heavy atom. The zero-order valence-corrected chi connectivity index (χ0v) is 22.1. The largest absolute Gasteiger partial charge is 0.497 e. The number of carbonyl (C=O) groups excluding carboxylic acids is 2. The average Bonchev–Trinajstić information content (AvgIpc) is 3.26. The van der Waals surface area contributed by atoms with Crippen LogP contribution < -0.4 is 15.4 Å². The van der Waals surface area contributed by atoms with Gasteiger partial charge in [-0.2, -0.15) is 5.10 Å². The smallest absolute Gasteiger partial charge is 0.322 e. The predicted octanol–water partition coefficient (Wildman–Crippen LogP) is 5.76. The summed E-state index contributed by atoms with van der Waals surface area (Å²) in [6, 6.07) is 16.6. The number of hydrogen-bond acceptors (Lipinski definition) is 4. The number of amides is 3. The molecule has 0 bridgehead atoms. The zero-order chi connectivity index (χ0) is 26.3. The topological polar surface area (TPSA) is 88.5 Å². The number of rotatable bonds is 9. The van der Waals surface area contributed by atoms with Gasteiger partial charge in [0.05, 0.1) is 18.5 Å². The summed E-state index contributed by atoms with van der Waals surface area (Å²) in [7, 11) is 1.57. The maximum Gasteiger partial charge on any atom is 0.322 e. The first-order chi connectivity index (χ1) is 17.1. The quantitative estimate of drug-likeness (QED) is 0.398. The molecule has 0 saturated carbocycles. The third kappa shape index (κ3) is 7.10. The predicted molar refractivity (Wildman–Crippen MR) is 144 cm³/mol. The third-order valence-electron chi connectivity index (χ3n) is 5.72. The Balaban J connectivity index is 1.80. The molecule has 0 fully saturated rings. The fourth-order valence-electron chi connectivity index (χ4n) is 3.65. The zero-order valence-electron chi connectivity index (χ0n) is 22.1. The van der Waals surface area contributed by atoms with Crippen LogP contribution in [0.5, 0.6) is 5.75 Å². The molecule has 2 N–H and O–H groups in total. The highest BCUT2D eigenvalue weighted by Gasteiger charge is 2.23. The van der Waals surface area contributed by atoms with Crippen molar-refractivity contribution in [2.45, 2.75) is 52.9 Å². The Morgan fingerprint density at radius 2 is 1.81 bits per heavy atom. The minimum atomic E-state index is -0.338. The highest BCUT2D eigenvalue weighted by molar-refractivity contribution is 5.96. The van der Waals surface area contributed by atoms with Crippen molar-refractivity contribution in [2.24, 2.45) is 0 Å². The van der Waals surface area contributed by atoms with Crippen molar-refractivity contribution in [2.75, 3.05) is 30.8 Å². The Kier molecular flexibility index (Phi) is 8.74. The van der Waals surface area contributed by atoms with Crippen molar-refractivity contribution >= 4 is 23.4 Å². The first-order valence-corrected chi connectivity index (χ1v) is 12.3. The maximum absolute atomic E-state index is 13.2. The Bertz CT molecular complexity index is 1200. The second-order valence-electron chi connectivity index (χ2n) is 9.90. The van der Waals surface area contributed by atoms with E-state index in [-0.39, 0.29) is 23.9 Å². The number of nitrogens with one attached hydrogen (secondary N) is 2. The Morgan fingerprint density at radius 1 is 1.06 bits per heavy atom. The minimum absolute atomic E-state index is 0.0837. The van der Waals surface area contributed by atoms with E-state index in [0.717, 1.165) is 29.8 Å². The van der Waals surface area contributed by atoms with E-state index in [4.69, 9.17) is 9.84 Å². The number of unbranched alkanes of at least 4 members (excludes halogenated alkanes) is 1. The molecule has 3 rings (SSSR count). The first-order valence-electron chi connectivity index (χ1n) is 12.3. The van der Waals surface area contributed by atoms with Gasteiger partial charge >= 0.3 is 6.03 Å². The van der Waals surface area contributed by atoms with E-state index in [1.165, 1.54) is 4.90 Å². The number of carbonyl (C=O) groups is 2. The summed E-state index contributed by atoms with van der Waals surface area (Å²) in [5.74, 6) is 0.921. The van der Waals surface area contributed by atoms with Crippen LogP contribution in [0.3, 0.4) is 0 Å². The molecule has 1 aromatic heterocycles. The molecule has 3 aromatic rings. The van der Waals surface area contributed by atoms with Gasteiger partial charge in [0.25, 0.3) is 0 Å². The molecular formula is C28H37N5O3. The lowest BCUT2D eigenvalue weighted by Gasteiger charge is -2.22. The SMILES string of the molecule is CCCCN(CC(=O)Nc1cc(C(C)(C)C)nn1-c1cccc(C)c1)C(=O)Nc1cccc(OC)c1. The molecular weight excluding hydrogens is 454 g/mol. The average molecular weight is 492 g/mol. The van der Waals surface area contributed by atoms with Crippen molar-refractivity contribution in [3.8, 4) is 11.4 Å². The molecule has 0 aliphatic carbocycles. The maximum atomic E-state index is 13.2. The molecule has 8 heteroatoms. The number of urea groups is 1. The summed E-state index contributed by atoms with van der Waals surface area (Å²) in [5.41, 5.74) is 3.22. The van der Waals surface area contributed by atoms with Crippen LogP contribution in [0.25, 0.3) is 5.69 Å². The Hall–Kier alpha value is -3.81. The van der Waals surface area contributed by atoms with Gasteiger partial charge in [-0.25, -0.2) is 9.48 Å². The van der Waals surface area contributed by atoms with Crippen molar-refractivity contribution in [3.63, 3.8) is 0 Å². The lowest BCUT2D eigenvalue weighted by molar-refractivity contribution is -0.116. The van der Waals surface area contributed by atoms with Crippen LogP contribution in [0, 0.1) is 6.92 Å². The number of anilines is 2. The van der Waals surface area contributed by atoms with Gasteiger partial charge in [0, 0.05) is 29.8 Å². The molecule has 0 aliphatic heterocycles. The molecule has 3 amide bonds. The molecule has 36 heavy (non-hydrogen) atoms. The summed E-state index contributed by atoms with van der Waals surface area (Å²) in [6.07, 6.45) is 1.69. The van der Waals surface area contributed by atoms with Crippen LogP contribution in [0.15, 0.2) is 54.6 Å². The number of nitrogens with zero attached hydrogens (tertiary/aromatic N) is 3. The monoisotopic (exact) mass is 491 g/mol. The van der Waals surface area contributed by atoms with Gasteiger partial charge in [0.15, 0.2) is 0 Å². The normalized spacial score (nSPS) is 11.2. The lowest BCUT2D eigenvalue weighted by atomic mass is 9.92. The number of ether oxygens (including phenoxy) is 1. The minimum Gasteiger partial charge on any atom is -0.497 e. The summed E-state index contributed by atoms with van der Waals surface area (Å²) in [5, 5.41) is 10.6. The number of benzene rings is 2. The Labute approximate surface area is 213 Å². The molecule has 8 nitrogen and oxygen atoms in total. The van der Waals surface area contributed by atoms with Crippen LogP contribution >= 0.6 is 0 Å². The van der Waals surface area contributed by atoms with E-state index in [1.807, 2.05) is 44.2 Å². The molecule has 0 saturated heterocycles. The standard InChI is InChI=1S/C28H37N5O3/c1-7-8-15-32(27(35)29-21-12-10-14-23(17-21)36-6)19-26(34)30-25-18-24(28(3,4)5)31-33(25)22-13-9-11-20(2)16-22/h9-14,16-18H,7-8,15,19H2,1-6H3,(H,29,35)(H,30,34). The number of aromatic nitrogens is 2. The van der Waals surface area contributed by atoms with Crippen molar-refractivity contribution in [1.82, 2.24) is 14.7 Å². The molecule has 0 aliphatic rings. The summed E-state index contributed by atoms with van der Waals surface area (Å²) in [6.45, 7) is 10.7. The molecule has 0 unspecified atom stereocenters. The van der Waals surface area contributed by atoms with Gasteiger partial charge in [-0.1, -0.05) is 52.3 Å². The van der Waals surface area contributed by atoms with Crippen LogP contribution in [-0.4, -0.2) is 46.8 Å². The van der Waals surface area contributed by atoms with Crippen molar-refractivity contribution < 1.29 is 14.3 Å². The van der Waals surface area contributed by atoms with E-state index in [1.54, 1.807) is 36.1 Å². The van der Waals surface area contributed by atoms with Gasteiger partial charge in [0.2, 0.25) is 5.91 Å². The fraction of sp³-hybridized carbons (Fsp3) is 0.393. The second kappa shape index (κ2) is 11.7. The number of hydrogen-bond donors (Lipinski definition) is 2. The van der Waals surface area contributed by atoms with Gasteiger partial charge < -0.3 is 20.3 Å². The summed E-state index contributed by atoms with van der Waals surface area (Å²) < 4.78 is 6.98. The van der Waals surface area contributed by atoms with Crippen molar-refractivity contribution in [1.29, 1.82) is 0 Å². The summed E-state index contributed by atoms with van der Waals surface area (Å²) >= 11 is 0. The lowest BCUT2D eigenvalue weighted by Crippen LogP contribution is -2.41. The van der Waals surface area contributed by atoms with Crippen LogP contribution in [0.2, 0.25) is 0 Å². The van der Waals surface area contributed by atoms with E-state index >= 15 is 0 Å². The number of methoxy groups -OCH3 is 1. The molecule has 0 spiro atoms. The van der Waals surface area contributed by atoms with Crippen LogP contribution in [0.4, 0.5) is 16.3 Å². The first kappa shape index (κ1) is 26.8. The molecule has 0 atom stereocenters. The number of aryl methyl sites for hydroxylation is 1. The van der Waals surface area contributed by atoms with Gasteiger partial charge in [-0.15, -0.1) is 0 Å². The van der Waals surface area contributed by atoms with Crippen LogP contribution in [0.1, 0.15) is 51.8 Å². The van der Waals surface area contributed by atoms with E-state index in [2.05, 4.69) is 31.4 Å². The molecule has 0 radical (unpaired) electrons. The van der Waals surface area contributed by atoms with Crippen molar-refractivity contribution in [3.05, 3.63) is 65.9 Å². The van der Waals surface area contributed by atoms with Crippen LogP contribution in [-0.2, 0) is 10.2 Å². The van der Waals surface area contributed by atoms with Gasteiger partial charge in [-0.05, 0) is 43.2 Å². The second-order valence-corrected chi connectivity index (χ2v) is 9.90. The highest BCUT2D eigenvalue weighted by Crippen LogP contribution is 2.26.